The van der Waals surface area contributed by atoms with Crippen LogP contribution in [0.4, 0.5) is 4.39 Å². The minimum atomic E-state index is -0.393. The quantitative estimate of drug-likeness (QED) is 0.704. The molecule has 14 heavy (non-hydrogen) atoms. The second kappa shape index (κ2) is 5.11. The molecule has 0 aliphatic carbocycles. The maximum Gasteiger partial charge on any atom is 0.225 e. The molecule has 1 rings (SSSR count). The third-order valence-electron chi connectivity index (χ3n) is 2.24. The third-order valence-corrected chi connectivity index (χ3v) is 2.55. The van der Waals surface area contributed by atoms with E-state index in [1.165, 1.54) is 6.07 Å². The molecular formula is C11H12ClFO. The van der Waals surface area contributed by atoms with E-state index in [1.807, 2.05) is 6.92 Å². The van der Waals surface area contributed by atoms with Crippen LogP contribution in [0.3, 0.4) is 0 Å². The largest absolute Gasteiger partial charge is 0.281 e. The van der Waals surface area contributed by atoms with E-state index in [0.717, 1.165) is 0 Å². The highest BCUT2D eigenvalue weighted by molar-refractivity contribution is 6.63. The fraction of sp³-hybridized carbons (Fsp3) is 0.364. The maximum atomic E-state index is 13.2. The van der Waals surface area contributed by atoms with Crippen molar-refractivity contribution >= 4 is 16.8 Å². The molecule has 1 aromatic carbocycles. The minimum Gasteiger partial charge on any atom is -0.281 e. The summed E-state index contributed by atoms with van der Waals surface area (Å²) in [6, 6.07) is 6.45. The van der Waals surface area contributed by atoms with Gasteiger partial charge in [0.1, 0.15) is 5.82 Å². The van der Waals surface area contributed by atoms with Gasteiger partial charge in [-0.05, 0) is 36.1 Å². The molecule has 0 bridgehead atoms. The summed E-state index contributed by atoms with van der Waals surface area (Å²) in [5.74, 6) is -0.558. The number of halogens is 2. The summed E-state index contributed by atoms with van der Waals surface area (Å²) >= 11 is 5.38. The average molecular weight is 215 g/mol. The van der Waals surface area contributed by atoms with Gasteiger partial charge in [-0.25, -0.2) is 4.39 Å². The molecule has 0 aliphatic heterocycles. The molecule has 0 saturated carbocycles. The summed E-state index contributed by atoms with van der Waals surface area (Å²) in [5.41, 5.74) is 0.549. The van der Waals surface area contributed by atoms with E-state index < -0.39 is 5.24 Å². The number of carbonyl (C=O) groups excluding carboxylic acids is 1. The van der Waals surface area contributed by atoms with Crippen molar-refractivity contribution in [2.24, 2.45) is 5.92 Å². The van der Waals surface area contributed by atoms with E-state index in [1.54, 1.807) is 18.2 Å². The Hall–Kier alpha value is -0.890. The van der Waals surface area contributed by atoms with E-state index >= 15 is 0 Å². The average Bonchev–Trinajstić information content (AvgIpc) is 2.16. The van der Waals surface area contributed by atoms with Crippen LogP contribution in [-0.4, -0.2) is 5.24 Å². The lowest BCUT2D eigenvalue weighted by Gasteiger charge is -2.09. The first-order chi connectivity index (χ1) is 6.65. The summed E-state index contributed by atoms with van der Waals surface area (Å²) in [5, 5.41) is -0.393. The Morgan fingerprint density at radius 3 is 2.64 bits per heavy atom. The Balaban J connectivity index is 2.77. The summed E-state index contributed by atoms with van der Waals surface area (Å²) in [4.78, 5) is 10.9. The van der Waals surface area contributed by atoms with Crippen molar-refractivity contribution in [3.63, 3.8) is 0 Å². The summed E-state index contributed by atoms with van der Waals surface area (Å²) < 4.78 is 13.2. The molecule has 1 nitrogen and oxygen atoms in total. The van der Waals surface area contributed by atoms with Crippen LogP contribution in [-0.2, 0) is 11.2 Å². The highest BCUT2D eigenvalue weighted by Crippen LogP contribution is 2.17. The van der Waals surface area contributed by atoms with Crippen molar-refractivity contribution < 1.29 is 9.18 Å². The highest BCUT2D eigenvalue weighted by atomic mass is 35.5. The standard InChI is InChI=1S/C11H12ClFO/c1-2-8(11(12)14)7-9-5-3-4-6-10(9)13/h3-6,8H,2,7H2,1H3. The van der Waals surface area contributed by atoms with Gasteiger partial charge in [0.05, 0.1) is 0 Å². The summed E-state index contributed by atoms with van der Waals surface area (Å²) in [7, 11) is 0. The lowest BCUT2D eigenvalue weighted by atomic mass is 9.98. The minimum absolute atomic E-state index is 0.274. The van der Waals surface area contributed by atoms with Crippen molar-refractivity contribution in [2.75, 3.05) is 0 Å². The SMILES string of the molecule is CCC(Cc1ccccc1F)C(=O)Cl. The molecule has 0 heterocycles. The van der Waals surface area contributed by atoms with E-state index in [0.29, 0.717) is 18.4 Å². The van der Waals surface area contributed by atoms with Crippen LogP contribution in [0.15, 0.2) is 24.3 Å². The van der Waals surface area contributed by atoms with Crippen LogP contribution >= 0.6 is 11.6 Å². The van der Waals surface area contributed by atoms with Crippen LogP contribution in [0.2, 0.25) is 0 Å². The molecule has 1 aromatic rings. The topological polar surface area (TPSA) is 17.1 Å². The molecule has 0 aromatic heterocycles. The van der Waals surface area contributed by atoms with Crippen LogP contribution in [0.1, 0.15) is 18.9 Å². The Morgan fingerprint density at radius 2 is 2.14 bits per heavy atom. The number of benzene rings is 1. The van der Waals surface area contributed by atoms with Gasteiger partial charge in [-0.1, -0.05) is 25.1 Å². The van der Waals surface area contributed by atoms with E-state index in [2.05, 4.69) is 0 Å². The normalized spacial score (nSPS) is 12.5. The summed E-state index contributed by atoms with van der Waals surface area (Å²) in [6.07, 6.45) is 1.02. The molecule has 3 heteroatoms. The predicted molar refractivity (Wildman–Crippen MR) is 54.7 cm³/mol. The molecule has 0 fully saturated rings. The first-order valence-electron chi connectivity index (χ1n) is 4.58. The van der Waals surface area contributed by atoms with Crippen molar-refractivity contribution in [1.82, 2.24) is 0 Å². The van der Waals surface area contributed by atoms with Gasteiger partial charge in [0.15, 0.2) is 0 Å². The fourth-order valence-corrected chi connectivity index (χ4v) is 1.55. The molecule has 1 atom stereocenters. The van der Waals surface area contributed by atoms with Crippen molar-refractivity contribution in [3.05, 3.63) is 35.6 Å². The second-order valence-electron chi connectivity index (χ2n) is 3.20. The van der Waals surface area contributed by atoms with Gasteiger partial charge in [0.25, 0.3) is 0 Å². The van der Waals surface area contributed by atoms with Crippen LogP contribution < -0.4 is 0 Å². The van der Waals surface area contributed by atoms with Crippen molar-refractivity contribution in [1.29, 1.82) is 0 Å². The molecule has 0 amide bonds. The molecule has 0 radical (unpaired) electrons. The van der Waals surface area contributed by atoms with Gasteiger partial charge in [-0.15, -0.1) is 0 Å². The van der Waals surface area contributed by atoms with Crippen molar-refractivity contribution in [2.45, 2.75) is 19.8 Å². The fourth-order valence-electron chi connectivity index (χ4n) is 1.31. The lowest BCUT2D eigenvalue weighted by molar-refractivity contribution is -0.115. The maximum absolute atomic E-state index is 13.2. The zero-order valence-corrected chi connectivity index (χ0v) is 8.72. The number of hydrogen-bond donors (Lipinski definition) is 0. The van der Waals surface area contributed by atoms with Crippen molar-refractivity contribution in [3.8, 4) is 0 Å². The molecule has 76 valence electrons. The van der Waals surface area contributed by atoms with Gasteiger partial charge in [-0.3, -0.25) is 4.79 Å². The van der Waals surface area contributed by atoms with Gasteiger partial charge >= 0.3 is 0 Å². The lowest BCUT2D eigenvalue weighted by Crippen LogP contribution is -2.11. The van der Waals surface area contributed by atoms with E-state index in [4.69, 9.17) is 11.6 Å². The third kappa shape index (κ3) is 2.81. The van der Waals surface area contributed by atoms with Gasteiger partial charge in [-0.2, -0.15) is 0 Å². The molecule has 1 unspecified atom stereocenters. The molecule has 0 saturated heterocycles. The molecule has 0 N–H and O–H groups in total. The zero-order chi connectivity index (χ0) is 10.6. The van der Waals surface area contributed by atoms with Gasteiger partial charge in [0.2, 0.25) is 5.24 Å². The highest BCUT2D eigenvalue weighted by Gasteiger charge is 2.16. The number of carbonyl (C=O) groups is 1. The van der Waals surface area contributed by atoms with E-state index in [9.17, 15) is 9.18 Å². The van der Waals surface area contributed by atoms with E-state index in [-0.39, 0.29) is 11.7 Å². The molecule has 0 aliphatic rings. The predicted octanol–water partition coefficient (Wildman–Crippen LogP) is 3.16. The second-order valence-corrected chi connectivity index (χ2v) is 3.58. The van der Waals surface area contributed by atoms with Crippen LogP contribution in [0, 0.1) is 11.7 Å². The number of hydrogen-bond acceptors (Lipinski definition) is 1. The van der Waals surface area contributed by atoms with Crippen LogP contribution in [0.25, 0.3) is 0 Å². The molecule has 0 spiro atoms. The van der Waals surface area contributed by atoms with Gasteiger partial charge in [0, 0.05) is 5.92 Å². The Morgan fingerprint density at radius 1 is 1.50 bits per heavy atom. The van der Waals surface area contributed by atoms with Gasteiger partial charge < -0.3 is 0 Å². The monoisotopic (exact) mass is 214 g/mol. The first kappa shape index (κ1) is 11.2. The molecular weight excluding hydrogens is 203 g/mol. The first-order valence-corrected chi connectivity index (χ1v) is 4.95. The Labute approximate surface area is 87.9 Å². The summed E-state index contributed by atoms with van der Waals surface area (Å²) in [6.45, 7) is 1.87. The zero-order valence-electron chi connectivity index (χ0n) is 7.97. The Bertz CT molecular complexity index is 325. The Kier molecular flexibility index (Phi) is 4.08. The number of rotatable bonds is 4. The van der Waals surface area contributed by atoms with Crippen LogP contribution in [0.5, 0.6) is 0 Å². The smallest absolute Gasteiger partial charge is 0.225 e.